The van der Waals surface area contributed by atoms with E-state index in [-0.39, 0.29) is 18.2 Å². The Balaban J connectivity index is 2.21. The summed E-state index contributed by atoms with van der Waals surface area (Å²) in [6.45, 7) is 3.85. The van der Waals surface area contributed by atoms with E-state index in [1.807, 2.05) is 0 Å². The lowest BCUT2D eigenvalue weighted by Gasteiger charge is -2.16. The number of para-hydroxylation sites is 1. The van der Waals surface area contributed by atoms with Crippen LogP contribution in [0.1, 0.15) is 18.9 Å². The third kappa shape index (κ3) is 2.08. The number of halogens is 1. The molecule has 1 atom stereocenters. The van der Waals surface area contributed by atoms with Gasteiger partial charge in [-0.3, -0.25) is 14.5 Å². The van der Waals surface area contributed by atoms with Crippen LogP contribution < -0.4 is 5.32 Å². The van der Waals surface area contributed by atoms with Crippen molar-refractivity contribution in [1.82, 2.24) is 4.90 Å². The van der Waals surface area contributed by atoms with Gasteiger partial charge in [0.05, 0.1) is 12.1 Å². The molecule has 0 bridgehead atoms. The number of carbonyl (C=O) groups excluding carboxylic acids is 2. The Bertz CT molecular complexity index is 482. The largest absolute Gasteiger partial charge is 0.371 e. The van der Waals surface area contributed by atoms with E-state index in [1.54, 1.807) is 26.0 Å². The molecule has 1 fully saturated rings. The SMILES string of the molecule is CCN1C(=O)CC(Nc2c(C)cccc2F)C1=O. The summed E-state index contributed by atoms with van der Waals surface area (Å²) in [7, 11) is 0. The number of aryl methyl sites for hydroxylation is 1. The van der Waals surface area contributed by atoms with E-state index in [1.165, 1.54) is 11.0 Å². The first kappa shape index (κ1) is 12.5. The standard InChI is InChI=1S/C13H15FN2O2/c1-3-16-11(17)7-10(13(16)18)15-12-8(2)5-4-6-9(12)14/h4-6,10,15H,3,7H2,1-2H3. The van der Waals surface area contributed by atoms with Crippen molar-refractivity contribution in [1.29, 1.82) is 0 Å². The van der Waals surface area contributed by atoms with Gasteiger partial charge in [-0.1, -0.05) is 12.1 Å². The molecule has 1 heterocycles. The van der Waals surface area contributed by atoms with Gasteiger partial charge in [0.2, 0.25) is 5.91 Å². The lowest BCUT2D eigenvalue weighted by molar-refractivity contribution is -0.138. The lowest BCUT2D eigenvalue weighted by atomic mass is 10.1. The van der Waals surface area contributed by atoms with Crippen LogP contribution in [0.4, 0.5) is 10.1 Å². The van der Waals surface area contributed by atoms with Crippen LogP contribution in [-0.2, 0) is 9.59 Å². The number of carbonyl (C=O) groups is 2. The molecule has 1 aromatic rings. The molecule has 1 unspecified atom stereocenters. The first-order valence-corrected chi connectivity index (χ1v) is 5.90. The van der Waals surface area contributed by atoms with E-state index in [9.17, 15) is 14.0 Å². The maximum atomic E-state index is 13.6. The third-order valence-corrected chi connectivity index (χ3v) is 3.10. The number of benzene rings is 1. The molecule has 1 aromatic carbocycles. The minimum Gasteiger partial charge on any atom is -0.371 e. The Hall–Kier alpha value is -1.91. The number of likely N-dealkylation sites (N-methyl/N-ethyl adjacent to an activating group) is 1. The Kier molecular flexibility index (Phi) is 3.32. The summed E-state index contributed by atoms with van der Waals surface area (Å²) in [6, 6.07) is 4.03. The Morgan fingerprint density at radius 2 is 2.17 bits per heavy atom. The Labute approximate surface area is 105 Å². The van der Waals surface area contributed by atoms with Crippen molar-refractivity contribution in [2.45, 2.75) is 26.3 Å². The molecule has 1 aliphatic heterocycles. The lowest BCUT2D eigenvalue weighted by Crippen LogP contribution is -2.34. The first-order valence-electron chi connectivity index (χ1n) is 5.90. The highest BCUT2D eigenvalue weighted by molar-refractivity contribution is 6.06. The van der Waals surface area contributed by atoms with Crippen LogP contribution in [0.5, 0.6) is 0 Å². The topological polar surface area (TPSA) is 49.4 Å². The summed E-state index contributed by atoms with van der Waals surface area (Å²) in [5.74, 6) is -0.913. The average Bonchev–Trinajstić information content (AvgIpc) is 2.59. The fourth-order valence-corrected chi connectivity index (χ4v) is 2.12. The molecule has 5 heteroatoms. The normalized spacial score (nSPS) is 19.5. The zero-order valence-corrected chi connectivity index (χ0v) is 10.4. The van der Waals surface area contributed by atoms with Crippen LogP contribution >= 0.6 is 0 Å². The Morgan fingerprint density at radius 3 is 2.72 bits per heavy atom. The molecule has 0 saturated carbocycles. The average molecular weight is 250 g/mol. The summed E-state index contributed by atoms with van der Waals surface area (Å²) < 4.78 is 13.6. The molecule has 0 radical (unpaired) electrons. The monoisotopic (exact) mass is 250 g/mol. The predicted molar refractivity (Wildman–Crippen MR) is 65.6 cm³/mol. The predicted octanol–water partition coefficient (Wildman–Crippen LogP) is 1.69. The number of nitrogens with one attached hydrogen (secondary N) is 1. The molecule has 0 aromatic heterocycles. The number of rotatable bonds is 3. The molecule has 1 saturated heterocycles. The molecule has 96 valence electrons. The quantitative estimate of drug-likeness (QED) is 0.830. The van der Waals surface area contributed by atoms with Crippen LogP contribution in [-0.4, -0.2) is 29.3 Å². The van der Waals surface area contributed by atoms with Crippen molar-refractivity contribution in [3.8, 4) is 0 Å². The van der Waals surface area contributed by atoms with E-state index in [2.05, 4.69) is 5.32 Å². The highest BCUT2D eigenvalue weighted by Gasteiger charge is 2.37. The zero-order valence-electron chi connectivity index (χ0n) is 10.4. The van der Waals surface area contributed by atoms with Crippen molar-refractivity contribution >= 4 is 17.5 Å². The van der Waals surface area contributed by atoms with Gasteiger partial charge in [-0.2, -0.15) is 0 Å². The van der Waals surface area contributed by atoms with Crippen molar-refractivity contribution in [2.24, 2.45) is 0 Å². The van der Waals surface area contributed by atoms with Gasteiger partial charge in [-0.15, -0.1) is 0 Å². The molecule has 0 spiro atoms. The molecule has 4 nitrogen and oxygen atoms in total. The van der Waals surface area contributed by atoms with Crippen molar-refractivity contribution in [3.63, 3.8) is 0 Å². The van der Waals surface area contributed by atoms with Gasteiger partial charge in [0.1, 0.15) is 11.9 Å². The fourth-order valence-electron chi connectivity index (χ4n) is 2.12. The maximum absolute atomic E-state index is 13.6. The van der Waals surface area contributed by atoms with E-state index >= 15 is 0 Å². The second-order valence-electron chi connectivity index (χ2n) is 4.31. The van der Waals surface area contributed by atoms with Crippen LogP contribution in [0.2, 0.25) is 0 Å². The van der Waals surface area contributed by atoms with Crippen LogP contribution in [0.15, 0.2) is 18.2 Å². The van der Waals surface area contributed by atoms with Crippen molar-refractivity contribution in [3.05, 3.63) is 29.6 Å². The summed E-state index contributed by atoms with van der Waals surface area (Å²) in [6.07, 6.45) is 0.0838. The highest BCUT2D eigenvalue weighted by Crippen LogP contribution is 2.23. The Morgan fingerprint density at radius 1 is 1.44 bits per heavy atom. The van der Waals surface area contributed by atoms with Gasteiger partial charge in [-0.25, -0.2) is 4.39 Å². The second-order valence-corrected chi connectivity index (χ2v) is 4.31. The first-order chi connectivity index (χ1) is 8.54. The van der Waals surface area contributed by atoms with Crippen molar-refractivity contribution in [2.75, 3.05) is 11.9 Å². The minimum absolute atomic E-state index is 0.0838. The van der Waals surface area contributed by atoms with E-state index in [0.717, 1.165) is 0 Å². The molecule has 1 N–H and O–H groups in total. The smallest absolute Gasteiger partial charge is 0.252 e. The van der Waals surface area contributed by atoms with Crippen LogP contribution in [0.3, 0.4) is 0 Å². The number of amides is 2. The summed E-state index contributed by atoms with van der Waals surface area (Å²) in [5.41, 5.74) is 1.01. The minimum atomic E-state index is -0.659. The summed E-state index contributed by atoms with van der Waals surface area (Å²) in [4.78, 5) is 24.6. The maximum Gasteiger partial charge on any atom is 0.252 e. The van der Waals surface area contributed by atoms with Gasteiger partial charge < -0.3 is 5.32 Å². The van der Waals surface area contributed by atoms with Gasteiger partial charge >= 0.3 is 0 Å². The summed E-state index contributed by atoms with van der Waals surface area (Å²) >= 11 is 0. The van der Waals surface area contributed by atoms with Gasteiger partial charge in [0.25, 0.3) is 5.91 Å². The van der Waals surface area contributed by atoms with Crippen molar-refractivity contribution < 1.29 is 14.0 Å². The van der Waals surface area contributed by atoms with Crippen LogP contribution in [0, 0.1) is 12.7 Å². The number of anilines is 1. The van der Waals surface area contributed by atoms with E-state index in [0.29, 0.717) is 17.8 Å². The van der Waals surface area contributed by atoms with Gasteiger partial charge in [-0.05, 0) is 25.5 Å². The fraction of sp³-hybridized carbons (Fsp3) is 0.385. The summed E-state index contributed by atoms with van der Waals surface area (Å²) in [5, 5.41) is 2.83. The molecular weight excluding hydrogens is 235 g/mol. The second kappa shape index (κ2) is 4.76. The van der Waals surface area contributed by atoms with E-state index < -0.39 is 11.9 Å². The number of imide groups is 1. The third-order valence-electron chi connectivity index (χ3n) is 3.10. The number of likely N-dealkylation sites (tertiary alicyclic amines) is 1. The highest BCUT2D eigenvalue weighted by atomic mass is 19.1. The molecule has 2 amide bonds. The molecular formula is C13H15FN2O2. The molecule has 18 heavy (non-hydrogen) atoms. The van der Waals surface area contributed by atoms with Gasteiger partial charge in [0, 0.05) is 6.54 Å². The van der Waals surface area contributed by atoms with Gasteiger partial charge in [0.15, 0.2) is 0 Å². The van der Waals surface area contributed by atoms with Crippen LogP contribution in [0.25, 0.3) is 0 Å². The zero-order chi connectivity index (χ0) is 13.3. The number of nitrogens with zero attached hydrogens (tertiary/aromatic N) is 1. The molecule has 1 aliphatic rings. The van der Waals surface area contributed by atoms with E-state index in [4.69, 9.17) is 0 Å². The molecule has 2 rings (SSSR count). The number of hydrogen-bond acceptors (Lipinski definition) is 3. The molecule has 0 aliphatic carbocycles. The number of hydrogen-bond donors (Lipinski definition) is 1.